The number of para-hydroxylation sites is 1. The maximum Gasteiger partial charge on any atom is 0.264 e. The van der Waals surface area contributed by atoms with Crippen molar-refractivity contribution in [3.63, 3.8) is 0 Å². The van der Waals surface area contributed by atoms with Crippen LogP contribution >= 0.6 is 0 Å². The van der Waals surface area contributed by atoms with Gasteiger partial charge in [0.1, 0.15) is 12.6 Å². The van der Waals surface area contributed by atoms with Crippen molar-refractivity contribution in [2.45, 2.75) is 63.1 Å². The van der Waals surface area contributed by atoms with E-state index in [1.807, 2.05) is 31.2 Å². The first-order chi connectivity index (χ1) is 20.1. The average Bonchev–Trinajstić information content (AvgIpc) is 3.51. The van der Waals surface area contributed by atoms with E-state index >= 15 is 0 Å². The van der Waals surface area contributed by atoms with Crippen LogP contribution in [0.5, 0.6) is 11.5 Å². The van der Waals surface area contributed by atoms with Crippen molar-refractivity contribution < 1.29 is 27.5 Å². The number of nitrogens with one attached hydrogen (secondary N) is 1. The van der Waals surface area contributed by atoms with Crippen LogP contribution in [0.4, 0.5) is 5.69 Å². The second-order valence-electron chi connectivity index (χ2n) is 10.5. The molecule has 0 unspecified atom stereocenters. The predicted octanol–water partition coefficient (Wildman–Crippen LogP) is 4.68. The fourth-order valence-electron chi connectivity index (χ4n) is 5.21. The first-order valence-corrected chi connectivity index (χ1v) is 15.5. The zero-order valence-electron chi connectivity index (χ0n) is 24.6. The summed E-state index contributed by atoms with van der Waals surface area (Å²) in [6, 6.07) is 19.7. The van der Waals surface area contributed by atoms with Crippen molar-refractivity contribution in [2.75, 3.05) is 25.1 Å². The summed E-state index contributed by atoms with van der Waals surface area (Å²) in [6.07, 6.45) is 3.95. The van der Waals surface area contributed by atoms with Crippen molar-refractivity contribution in [2.24, 2.45) is 0 Å². The predicted molar refractivity (Wildman–Crippen MR) is 162 cm³/mol. The largest absolute Gasteiger partial charge is 0.493 e. The molecular weight excluding hydrogens is 554 g/mol. The van der Waals surface area contributed by atoms with Gasteiger partial charge in [-0.1, -0.05) is 60.9 Å². The second-order valence-corrected chi connectivity index (χ2v) is 12.4. The van der Waals surface area contributed by atoms with E-state index in [0.29, 0.717) is 11.4 Å². The molecule has 2 amide bonds. The average molecular weight is 594 g/mol. The lowest BCUT2D eigenvalue weighted by molar-refractivity contribution is -0.139. The van der Waals surface area contributed by atoms with E-state index in [-0.39, 0.29) is 29.1 Å². The molecule has 0 spiro atoms. The van der Waals surface area contributed by atoms with Gasteiger partial charge in [-0.3, -0.25) is 13.9 Å². The number of carbonyl (C=O) groups is 2. The van der Waals surface area contributed by atoms with Gasteiger partial charge >= 0.3 is 0 Å². The summed E-state index contributed by atoms with van der Waals surface area (Å²) in [6.45, 7) is 3.29. The van der Waals surface area contributed by atoms with Gasteiger partial charge in [-0.05, 0) is 56.5 Å². The van der Waals surface area contributed by atoms with Crippen LogP contribution in [0.1, 0.15) is 43.7 Å². The van der Waals surface area contributed by atoms with Crippen molar-refractivity contribution in [1.82, 2.24) is 10.2 Å². The Morgan fingerprint density at radius 2 is 1.62 bits per heavy atom. The molecule has 3 aromatic rings. The molecule has 1 aliphatic rings. The Labute approximate surface area is 248 Å². The van der Waals surface area contributed by atoms with Gasteiger partial charge in [0.25, 0.3) is 10.0 Å². The van der Waals surface area contributed by atoms with Gasteiger partial charge in [0.15, 0.2) is 11.5 Å². The van der Waals surface area contributed by atoms with Crippen LogP contribution in [-0.4, -0.2) is 58.0 Å². The van der Waals surface area contributed by atoms with Gasteiger partial charge in [-0.15, -0.1) is 0 Å². The minimum Gasteiger partial charge on any atom is -0.493 e. The summed E-state index contributed by atoms with van der Waals surface area (Å²) in [5.41, 5.74) is 2.18. The van der Waals surface area contributed by atoms with Crippen LogP contribution in [0.15, 0.2) is 77.7 Å². The van der Waals surface area contributed by atoms with E-state index in [1.165, 1.54) is 37.3 Å². The van der Waals surface area contributed by atoms with Crippen molar-refractivity contribution in [3.05, 3.63) is 83.9 Å². The van der Waals surface area contributed by atoms with E-state index in [4.69, 9.17) is 9.47 Å². The second kappa shape index (κ2) is 13.7. The third-order valence-corrected chi connectivity index (χ3v) is 9.34. The minimum atomic E-state index is -4.23. The summed E-state index contributed by atoms with van der Waals surface area (Å²) in [7, 11) is -1.34. The van der Waals surface area contributed by atoms with Crippen LogP contribution in [0, 0.1) is 6.92 Å². The van der Waals surface area contributed by atoms with Crippen LogP contribution in [-0.2, 0) is 26.2 Å². The molecule has 4 rings (SSSR count). The zero-order valence-corrected chi connectivity index (χ0v) is 25.4. The Kier molecular flexibility index (Phi) is 10.1. The number of sulfonamides is 1. The van der Waals surface area contributed by atoms with E-state index < -0.39 is 28.5 Å². The molecule has 1 fully saturated rings. The van der Waals surface area contributed by atoms with Gasteiger partial charge in [0.2, 0.25) is 11.8 Å². The van der Waals surface area contributed by atoms with Crippen LogP contribution in [0.2, 0.25) is 0 Å². The monoisotopic (exact) mass is 593 g/mol. The van der Waals surface area contributed by atoms with Crippen LogP contribution in [0.25, 0.3) is 0 Å². The zero-order chi connectivity index (χ0) is 30.3. The van der Waals surface area contributed by atoms with Gasteiger partial charge in [0.05, 0.1) is 24.8 Å². The number of methoxy groups -OCH3 is 2. The molecule has 42 heavy (non-hydrogen) atoms. The lowest BCUT2D eigenvalue weighted by Crippen LogP contribution is -2.52. The van der Waals surface area contributed by atoms with E-state index in [9.17, 15) is 18.0 Å². The van der Waals surface area contributed by atoms with Crippen molar-refractivity contribution in [1.29, 1.82) is 0 Å². The topological polar surface area (TPSA) is 105 Å². The number of amides is 2. The first-order valence-electron chi connectivity index (χ1n) is 14.1. The SMILES string of the molecule is COc1ccc(S(=O)(=O)N(CC(=O)N(Cc2cccc(C)c2)[C@H](C)C(=O)NC2CCCC2)c2ccccc2)cc1OC. The Hall–Kier alpha value is -4.05. The lowest BCUT2D eigenvalue weighted by Gasteiger charge is -2.32. The highest BCUT2D eigenvalue weighted by atomic mass is 32.2. The molecule has 0 heterocycles. The molecule has 0 aliphatic heterocycles. The number of ether oxygens (including phenoxy) is 2. The third kappa shape index (κ3) is 7.23. The number of aryl methyl sites for hydroxylation is 1. The summed E-state index contributed by atoms with van der Waals surface area (Å²) in [5, 5.41) is 3.09. The van der Waals surface area contributed by atoms with E-state index in [0.717, 1.165) is 41.1 Å². The molecule has 0 radical (unpaired) electrons. The van der Waals surface area contributed by atoms with Crippen molar-refractivity contribution in [3.8, 4) is 11.5 Å². The minimum absolute atomic E-state index is 0.0611. The summed E-state index contributed by atoms with van der Waals surface area (Å²) < 4.78 is 39.8. The lowest BCUT2D eigenvalue weighted by atomic mass is 10.1. The molecule has 1 saturated carbocycles. The fourth-order valence-corrected chi connectivity index (χ4v) is 6.64. The number of anilines is 1. The smallest absolute Gasteiger partial charge is 0.264 e. The van der Waals surface area contributed by atoms with E-state index in [2.05, 4.69) is 5.32 Å². The molecule has 3 aromatic carbocycles. The molecule has 1 N–H and O–H groups in total. The molecule has 1 aliphatic carbocycles. The maximum atomic E-state index is 14.1. The van der Waals surface area contributed by atoms with Gasteiger partial charge < -0.3 is 19.7 Å². The Bertz CT molecular complexity index is 1490. The van der Waals surface area contributed by atoms with Crippen molar-refractivity contribution >= 4 is 27.5 Å². The number of nitrogens with zero attached hydrogens (tertiary/aromatic N) is 2. The number of hydrogen-bond acceptors (Lipinski definition) is 6. The Morgan fingerprint density at radius 3 is 2.26 bits per heavy atom. The van der Waals surface area contributed by atoms with Gasteiger partial charge in [0, 0.05) is 18.7 Å². The van der Waals surface area contributed by atoms with E-state index in [1.54, 1.807) is 37.3 Å². The quantitative estimate of drug-likeness (QED) is 0.327. The number of carbonyl (C=O) groups excluding carboxylic acids is 2. The molecule has 9 nitrogen and oxygen atoms in total. The standard InChI is InChI=1S/C32H39N3O6S/c1-23-11-10-12-25(19-23)21-34(24(2)32(37)33-26-13-8-9-14-26)31(36)22-35(27-15-6-5-7-16-27)42(38,39)28-17-18-29(40-3)30(20-28)41-4/h5-7,10-12,15-20,24,26H,8-9,13-14,21-22H2,1-4H3,(H,33,37)/t24-/m1/s1. The highest BCUT2D eigenvalue weighted by molar-refractivity contribution is 7.92. The summed E-state index contributed by atoms with van der Waals surface area (Å²) >= 11 is 0. The molecule has 10 heteroatoms. The van der Waals surface area contributed by atoms with Gasteiger partial charge in [-0.2, -0.15) is 0 Å². The summed E-state index contributed by atoms with van der Waals surface area (Å²) in [5.74, 6) is -0.128. The van der Waals surface area contributed by atoms with Gasteiger partial charge in [-0.25, -0.2) is 8.42 Å². The highest BCUT2D eigenvalue weighted by Crippen LogP contribution is 2.32. The number of benzene rings is 3. The maximum absolute atomic E-state index is 14.1. The first kappa shape index (κ1) is 30.9. The fraction of sp³-hybridized carbons (Fsp3) is 0.375. The summed E-state index contributed by atoms with van der Waals surface area (Å²) in [4.78, 5) is 28.8. The van der Waals surface area contributed by atoms with Crippen LogP contribution < -0.4 is 19.1 Å². The molecule has 1 atom stereocenters. The highest BCUT2D eigenvalue weighted by Gasteiger charge is 2.33. The third-order valence-electron chi connectivity index (χ3n) is 7.57. The molecule has 224 valence electrons. The molecule has 0 aromatic heterocycles. The number of rotatable bonds is 12. The molecule has 0 bridgehead atoms. The van der Waals surface area contributed by atoms with Crippen LogP contribution in [0.3, 0.4) is 0 Å². The Balaban J connectivity index is 1.69. The number of hydrogen-bond donors (Lipinski definition) is 1. The normalized spacial score (nSPS) is 14.2. The Morgan fingerprint density at radius 1 is 0.929 bits per heavy atom. The molecule has 0 saturated heterocycles. The molecular formula is C32H39N3O6S.